The van der Waals surface area contributed by atoms with Gasteiger partial charge in [-0.15, -0.1) is 0 Å². The number of nitrogens with zero attached hydrogens (tertiary/aromatic N) is 2. The number of hydrazine groups is 1. The first-order valence-electron chi connectivity index (χ1n) is 5.17. The molecule has 4 N–H and O–H groups in total. The van der Waals surface area contributed by atoms with Crippen LogP contribution in [0.5, 0.6) is 5.75 Å². The molecule has 0 radical (unpaired) electrons. The van der Waals surface area contributed by atoms with Gasteiger partial charge in [-0.2, -0.15) is 0 Å². The summed E-state index contributed by atoms with van der Waals surface area (Å²) >= 11 is 0. The summed E-state index contributed by atoms with van der Waals surface area (Å²) in [4.78, 5) is 7.95. The molecule has 0 saturated heterocycles. The van der Waals surface area contributed by atoms with Gasteiger partial charge in [0.25, 0.3) is 0 Å². The third-order valence-corrected chi connectivity index (χ3v) is 3.39. The van der Waals surface area contributed by atoms with Crippen LogP contribution < -0.4 is 21.3 Å². The van der Waals surface area contributed by atoms with Crippen LogP contribution in [0.25, 0.3) is 0 Å². The number of hydrogen-bond donors (Lipinski definition) is 3. The lowest BCUT2D eigenvalue weighted by molar-refractivity contribution is 0.414. The van der Waals surface area contributed by atoms with Gasteiger partial charge in [-0.05, 0) is 0 Å². The van der Waals surface area contributed by atoms with Crippen LogP contribution in [0.3, 0.4) is 0 Å². The molecule has 1 unspecified atom stereocenters. The van der Waals surface area contributed by atoms with Crippen LogP contribution in [0.4, 0.5) is 11.6 Å². The molecule has 1 rings (SSSR count). The number of nitrogen functional groups attached to an aromatic ring is 1. The van der Waals surface area contributed by atoms with E-state index in [-0.39, 0.29) is 0 Å². The van der Waals surface area contributed by atoms with Crippen molar-refractivity contribution in [2.24, 2.45) is 5.84 Å². The molecule has 1 aromatic rings. The van der Waals surface area contributed by atoms with E-state index >= 15 is 0 Å². The summed E-state index contributed by atoms with van der Waals surface area (Å²) in [5.41, 5.74) is 2.42. The average molecular weight is 259 g/mol. The summed E-state index contributed by atoms with van der Waals surface area (Å²) in [6.45, 7) is 2.44. The first kappa shape index (κ1) is 13.7. The standard InChI is InChI=1S/C9H17N5O2S/c1-3-17(15)5-4-11-8-7(16-2)9(14-10)13-6-12-8/h6H,3-5,10H2,1-2H3,(H2,11,12,13,14). The van der Waals surface area contributed by atoms with Crippen molar-refractivity contribution in [3.8, 4) is 5.75 Å². The summed E-state index contributed by atoms with van der Waals surface area (Å²) < 4.78 is 16.4. The fraction of sp³-hybridized carbons (Fsp3) is 0.556. The lowest BCUT2D eigenvalue weighted by atomic mass is 10.4. The van der Waals surface area contributed by atoms with Crippen LogP contribution in [0.15, 0.2) is 6.33 Å². The minimum Gasteiger partial charge on any atom is -0.490 e. The highest BCUT2D eigenvalue weighted by atomic mass is 32.2. The van der Waals surface area contributed by atoms with Crippen molar-refractivity contribution in [2.75, 3.05) is 35.9 Å². The summed E-state index contributed by atoms with van der Waals surface area (Å²) in [7, 11) is 0.705. The summed E-state index contributed by atoms with van der Waals surface area (Å²) in [6, 6.07) is 0. The van der Waals surface area contributed by atoms with Gasteiger partial charge >= 0.3 is 0 Å². The number of nitrogens with two attached hydrogens (primary N) is 1. The van der Waals surface area contributed by atoms with Crippen molar-refractivity contribution in [1.82, 2.24) is 9.97 Å². The topological polar surface area (TPSA) is 102 Å². The van der Waals surface area contributed by atoms with E-state index in [9.17, 15) is 4.21 Å². The van der Waals surface area contributed by atoms with Crippen LogP contribution in [0, 0.1) is 0 Å². The number of methoxy groups -OCH3 is 1. The number of rotatable bonds is 7. The fourth-order valence-corrected chi connectivity index (χ4v) is 1.84. The van der Waals surface area contributed by atoms with Gasteiger partial charge in [0.2, 0.25) is 5.75 Å². The smallest absolute Gasteiger partial charge is 0.205 e. The summed E-state index contributed by atoms with van der Waals surface area (Å²) in [6.07, 6.45) is 1.37. The predicted molar refractivity (Wildman–Crippen MR) is 68.4 cm³/mol. The number of anilines is 2. The van der Waals surface area contributed by atoms with Gasteiger partial charge in [0.1, 0.15) is 6.33 Å². The molecule has 1 atom stereocenters. The quantitative estimate of drug-likeness (QED) is 0.466. The van der Waals surface area contributed by atoms with Crippen molar-refractivity contribution in [3.63, 3.8) is 0 Å². The Morgan fingerprint density at radius 3 is 2.76 bits per heavy atom. The van der Waals surface area contributed by atoms with Crippen molar-refractivity contribution in [2.45, 2.75) is 6.92 Å². The molecular formula is C9H17N5O2S. The molecule has 0 aliphatic rings. The molecule has 0 bridgehead atoms. The molecule has 8 heteroatoms. The Morgan fingerprint density at radius 2 is 2.18 bits per heavy atom. The Kier molecular flexibility index (Phi) is 5.64. The average Bonchev–Trinajstić information content (AvgIpc) is 2.37. The monoisotopic (exact) mass is 259 g/mol. The van der Waals surface area contributed by atoms with Crippen LogP contribution in [0.2, 0.25) is 0 Å². The second kappa shape index (κ2) is 7.02. The fourth-order valence-electron chi connectivity index (χ4n) is 1.22. The van der Waals surface area contributed by atoms with Gasteiger partial charge in [-0.3, -0.25) is 4.21 Å². The maximum Gasteiger partial charge on any atom is 0.205 e. The number of hydrogen-bond acceptors (Lipinski definition) is 7. The summed E-state index contributed by atoms with van der Waals surface area (Å²) in [5, 5.41) is 3.04. The zero-order valence-corrected chi connectivity index (χ0v) is 10.7. The third kappa shape index (κ3) is 3.82. The Hall–Kier alpha value is -1.41. The number of ether oxygens (including phenoxy) is 1. The van der Waals surface area contributed by atoms with E-state index in [2.05, 4.69) is 20.7 Å². The van der Waals surface area contributed by atoms with E-state index in [1.807, 2.05) is 6.92 Å². The van der Waals surface area contributed by atoms with Crippen LogP contribution in [-0.2, 0) is 10.8 Å². The first-order valence-corrected chi connectivity index (χ1v) is 6.66. The minimum atomic E-state index is -0.803. The van der Waals surface area contributed by atoms with Crippen LogP contribution in [0.1, 0.15) is 6.92 Å². The highest BCUT2D eigenvalue weighted by Gasteiger charge is 2.10. The van der Waals surface area contributed by atoms with E-state index in [0.29, 0.717) is 35.4 Å². The van der Waals surface area contributed by atoms with E-state index in [1.165, 1.54) is 13.4 Å². The number of nitrogens with one attached hydrogen (secondary N) is 2. The Labute approximate surface area is 103 Å². The SMILES string of the molecule is CCS(=O)CCNc1ncnc(NN)c1OC. The molecule has 1 heterocycles. The third-order valence-electron chi connectivity index (χ3n) is 2.09. The van der Waals surface area contributed by atoms with Gasteiger partial charge in [-0.1, -0.05) is 6.92 Å². The van der Waals surface area contributed by atoms with E-state index in [4.69, 9.17) is 10.6 Å². The van der Waals surface area contributed by atoms with Gasteiger partial charge in [0.15, 0.2) is 11.6 Å². The second-order valence-electron chi connectivity index (χ2n) is 3.11. The first-order chi connectivity index (χ1) is 8.22. The highest BCUT2D eigenvalue weighted by Crippen LogP contribution is 2.27. The zero-order chi connectivity index (χ0) is 12.7. The largest absolute Gasteiger partial charge is 0.490 e. The van der Waals surface area contributed by atoms with E-state index in [1.54, 1.807) is 0 Å². The molecule has 7 nitrogen and oxygen atoms in total. The molecule has 17 heavy (non-hydrogen) atoms. The Morgan fingerprint density at radius 1 is 1.47 bits per heavy atom. The lowest BCUT2D eigenvalue weighted by Gasteiger charge is -2.12. The Balaban J connectivity index is 2.67. The highest BCUT2D eigenvalue weighted by molar-refractivity contribution is 7.84. The molecule has 0 aromatic carbocycles. The Bertz CT molecular complexity index is 388. The van der Waals surface area contributed by atoms with Gasteiger partial charge < -0.3 is 15.5 Å². The molecular weight excluding hydrogens is 242 g/mol. The molecule has 96 valence electrons. The van der Waals surface area contributed by atoms with Crippen molar-refractivity contribution in [1.29, 1.82) is 0 Å². The maximum atomic E-state index is 11.3. The normalized spacial score (nSPS) is 11.9. The molecule has 0 aliphatic heterocycles. The molecule has 0 fully saturated rings. The molecule has 0 aliphatic carbocycles. The van der Waals surface area contributed by atoms with Crippen molar-refractivity contribution in [3.05, 3.63) is 6.33 Å². The minimum absolute atomic E-state index is 0.404. The van der Waals surface area contributed by atoms with Crippen LogP contribution >= 0.6 is 0 Å². The zero-order valence-electron chi connectivity index (χ0n) is 9.90. The molecule has 0 saturated carbocycles. The van der Waals surface area contributed by atoms with Gasteiger partial charge in [-0.25, -0.2) is 15.8 Å². The van der Waals surface area contributed by atoms with E-state index in [0.717, 1.165) is 0 Å². The van der Waals surface area contributed by atoms with Crippen molar-refractivity contribution >= 4 is 22.4 Å². The van der Waals surface area contributed by atoms with Crippen molar-refractivity contribution < 1.29 is 8.95 Å². The summed E-state index contributed by atoms with van der Waals surface area (Å²) in [5.74, 6) is 7.89. The predicted octanol–water partition coefficient (Wildman–Crippen LogP) is -0.0487. The van der Waals surface area contributed by atoms with E-state index < -0.39 is 10.8 Å². The van der Waals surface area contributed by atoms with Gasteiger partial charge in [0, 0.05) is 28.9 Å². The molecule has 0 spiro atoms. The lowest BCUT2D eigenvalue weighted by Crippen LogP contribution is -2.15. The maximum absolute atomic E-state index is 11.3. The van der Waals surface area contributed by atoms with Crippen LogP contribution in [-0.4, -0.2) is 39.3 Å². The van der Waals surface area contributed by atoms with Gasteiger partial charge in [0.05, 0.1) is 7.11 Å². The number of aromatic nitrogens is 2. The molecule has 0 amide bonds. The molecule has 1 aromatic heterocycles. The second-order valence-corrected chi connectivity index (χ2v) is 4.97.